The van der Waals surface area contributed by atoms with Crippen LogP contribution in [-0.2, 0) is 0 Å². The van der Waals surface area contributed by atoms with Crippen molar-refractivity contribution in [2.24, 2.45) is 0 Å². The Morgan fingerprint density at radius 2 is 2.00 bits per heavy atom. The molecule has 1 aromatic carbocycles. The number of rotatable bonds is 3. The van der Waals surface area contributed by atoms with Gasteiger partial charge in [-0.15, -0.1) is 0 Å². The van der Waals surface area contributed by atoms with E-state index in [9.17, 15) is 4.39 Å². The van der Waals surface area contributed by atoms with Crippen LogP contribution in [0.2, 0.25) is 0 Å². The van der Waals surface area contributed by atoms with Crippen LogP contribution in [0.3, 0.4) is 0 Å². The molecule has 0 amide bonds. The second-order valence-corrected chi connectivity index (χ2v) is 7.83. The molecule has 0 radical (unpaired) electrons. The average Bonchev–Trinajstić information content (AvgIpc) is 3.32. The minimum Gasteiger partial charge on any atom is -0.337 e. The van der Waals surface area contributed by atoms with Crippen LogP contribution < -0.4 is 5.32 Å². The Balaban J connectivity index is 1.56. The highest BCUT2D eigenvalue weighted by Crippen LogP contribution is 2.37. The van der Waals surface area contributed by atoms with Gasteiger partial charge >= 0.3 is 0 Å². The van der Waals surface area contributed by atoms with Gasteiger partial charge in [-0.25, -0.2) is 4.39 Å². The molecule has 0 aliphatic carbocycles. The van der Waals surface area contributed by atoms with E-state index in [2.05, 4.69) is 20.6 Å². The zero-order chi connectivity index (χ0) is 17.8. The van der Waals surface area contributed by atoms with Crippen LogP contribution in [0.4, 0.5) is 4.39 Å². The molecule has 1 N–H and O–H groups in total. The predicted molar refractivity (Wildman–Crippen MR) is 94.9 cm³/mol. The van der Waals surface area contributed by atoms with Gasteiger partial charge in [-0.3, -0.25) is 0 Å². The lowest BCUT2D eigenvalue weighted by molar-refractivity contribution is 0.286. The summed E-state index contributed by atoms with van der Waals surface area (Å²) in [5.41, 5.74) is 1.25. The van der Waals surface area contributed by atoms with Crippen molar-refractivity contribution in [1.29, 1.82) is 0 Å². The number of nitrogens with one attached hydrogen (secondary N) is 1. The van der Waals surface area contributed by atoms with E-state index < -0.39 is 0 Å². The molecule has 26 heavy (non-hydrogen) atoms. The Labute approximate surface area is 150 Å². The van der Waals surface area contributed by atoms with E-state index in [0.29, 0.717) is 29.4 Å². The van der Waals surface area contributed by atoms with Gasteiger partial charge in [0.05, 0.1) is 5.69 Å². The predicted octanol–water partition coefficient (Wildman–Crippen LogP) is 3.67. The molecule has 2 unspecified atom stereocenters. The van der Waals surface area contributed by atoms with Crippen molar-refractivity contribution in [1.82, 2.24) is 25.2 Å². The van der Waals surface area contributed by atoms with E-state index >= 15 is 0 Å². The number of hydrogen-bond acceptors (Lipinski definition) is 5. The van der Waals surface area contributed by atoms with E-state index in [1.165, 1.54) is 23.6 Å². The van der Waals surface area contributed by atoms with Gasteiger partial charge in [0.2, 0.25) is 5.89 Å². The van der Waals surface area contributed by atoms with Crippen molar-refractivity contribution < 1.29 is 8.91 Å². The molecule has 2 aliphatic heterocycles. The fourth-order valence-electron chi connectivity index (χ4n) is 4.46. The normalized spacial score (nSPS) is 25.5. The molecule has 3 aromatic rings. The van der Waals surface area contributed by atoms with Gasteiger partial charge < -0.3 is 9.84 Å². The first-order valence-electron chi connectivity index (χ1n) is 9.37. The zero-order valence-corrected chi connectivity index (χ0v) is 14.9. The maximum absolute atomic E-state index is 14.5. The van der Waals surface area contributed by atoms with E-state index in [0.717, 1.165) is 23.9 Å². The number of para-hydroxylation sites is 1. The molecule has 7 heteroatoms. The Kier molecular flexibility index (Phi) is 3.60. The number of nitrogens with zero attached hydrogens (tertiary/aromatic N) is 4. The van der Waals surface area contributed by atoms with Crippen LogP contribution in [0.25, 0.3) is 16.9 Å². The minimum atomic E-state index is -0.326. The van der Waals surface area contributed by atoms with E-state index in [1.807, 2.05) is 19.9 Å². The first kappa shape index (κ1) is 15.9. The van der Waals surface area contributed by atoms with Crippen LogP contribution in [0.5, 0.6) is 0 Å². The topological polar surface area (TPSA) is 68.8 Å². The Morgan fingerprint density at radius 3 is 2.73 bits per heavy atom. The maximum Gasteiger partial charge on any atom is 0.291 e. The van der Waals surface area contributed by atoms with Gasteiger partial charge in [-0.1, -0.05) is 26.0 Å². The second kappa shape index (κ2) is 5.87. The fraction of sp³-hybridized carbons (Fsp3) is 0.526. The molecule has 6 nitrogen and oxygen atoms in total. The molecule has 2 aromatic heterocycles. The van der Waals surface area contributed by atoms with Crippen molar-refractivity contribution in [2.45, 2.75) is 63.5 Å². The van der Waals surface area contributed by atoms with Crippen LogP contribution >= 0.6 is 0 Å². The number of aromatic nitrogens is 4. The average molecular weight is 355 g/mol. The van der Waals surface area contributed by atoms with Crippen LogP contribution in [-0.4, -0.2) is 32.0 Å². The summed E-state index contributed by atoms with van der Waals surface area (Å²) in [5, 5.41) is 13.1. The third-order valence-electron chi connectivity index (χ3n) is 5.67. The van der Waals surface area contributed by atoms with Gasteiger partial charge in [-0.2, -0.15) is 14.8 Å². The fourth-order valence-corrected chi connectivity index (χ4v) is 4.46. The summed E-state index contributed by atoms with van der Waals surface area (Å²) in [6.07, 6.45) is 4.47. The summed E-state index contributed by atoms with van der Waals surface area (Å²) >= 11 is 0. The molecule has 0 saturated carbocycles. The number of hydrogen-bond donors (Lipinski definition) is 1. The number of piperidine rings is 1. The molecule has 2 fully saturated rings. The van der Waals surface area contributed by atoms with Gasteiger partial charge in [0.25, 0.3) is 5.95 Å². The smallest absolute Gasteiger partial charge is 0.291 e. The first-order chi connectivity index (χ1) is 12.6. The summed E-state index contributed by atoms with van der Waals surface area (Å²) in [6, 6.07) is 6.13. The molecule has 4 heterocycles. The first-order valence-corrected chi connectivity index (χ1v) is 9.37. The highest BCUT2D eigenvalue weighted by Gasteiger charge is 2.36. The zero-order valence-electron chi connectivity index (χ0n) is 14.9. The SMILES string of the molecule is CC(C)c1nn(-c2noc(C3CC4CCC(C3)N4)n2)c2c(F)cccc12. The Bertz CT molecular complexity index is 950. The lowest BCUT2D eigenvalue weighted by Crippen LogP contribution is -2.37. The maximum atomic E-state index is 14.5. The van der Waals surface area contributed by atoms with E-state index in [1.54, 1.807) is 6.07 Å². The largest absolute Gasteiger partial charge is 0.337 e. The molecule has 5 rings (SSSR count). The highest BCUT2D eigenvalue weighted by molar-refractivity contribution is 5.84. The minimum absolute atomic E-state index is 0.173. The highest BCUT2D eigenvalue weighted by atomic mass is 19.1. The lowest BCUT2D eigenvalue weighted by Gasteiger charge is -2.26. The monoisotopic (exact) mass is 355 g/mol. The van der Waals surface area contributed by atoms with Crippen molar-refractivity contribution in [3.63, 3.8) is 0 Å². The molecule has 2 atom stereocenters. The molecule has 2 bridgehead atoms. The van der Waals surface area contributed by atoms with Gasteiger partial charge in [0.15, 0.2) is 0 Å². The standard InChI is InChI=1S/C19H22FN5O/c1-10(2)16-14-4-3-5-15(20)17(14)25(23-16)19-22-18(26-24-19)11-8-12-6-7-13(9-11)21-12/h3-5,10-13,21H,6-9H2,1-2H3. The van der Waals surface area contributed by atoms with E-state index in [-0.39, 0.29) is 17.7 Å². The van der Waals surface area contributed by atoms with Gasteiger partial charge in [-0.05, 0) is 42.8 Å². The van der Waals surface area contributed by atoms with Gasteiger partial charge in [0, 0.05) is 23.4 Å². The van der Waals surface area contributed by atoms with Crippen molar-refractivity contribution >= 4 is 10.9 Å². The van der Waals surface area contributed by atoms with Gasteiger partial charge in [0.1, 0.15) is 11.3 Å². The van der Waals surface area contributed by atoms with Crippen molar-refractivity contribution in [3.05, 3.63) is 35.6 Å². The Hall–Kier alpha value is -2.28. The molecule has 0 spiro atoms. The molecular formula is C19H22FN5O. The summed E-state index contributed by atoms with van der Waals surface area (Å²) in [4.78, 5) is 4.59. The molecular weight excluding hydrogens is 333 g/mol. The summed E-state index contributed by atoms with van der Waals surface area (Å²) < 4.78 is 21.6. The van der Waals surface area contributed by atoms with Crippen LogP contribution in [0.1, 0.15) is 63.0 Å². The lowest BCUT2D eigenvalue weighted by atomic mass is 9.92. The third kappa shape index (κ3) is 2.45. The summed E-state index contributed by atoms with van der Waals surface area (Å²) in [5.74, 6) is 1.07. The van der Waals surface area contributed by atoms with Crippen molar-refractivity contribution in [2.75, 3.05) is 0 Å². The van der Waals surface area contributed by atoms with Crippen LogP contribution in [0.15, 0.2) is 22.7 Å². The van der Waals surface area contributed by atoms with Crippen molar-refractivity contribution in [3.8, 4) is 5.95 Å². The Morgan fingerprint density at radius 1 is 1.23 bits per heavy atom. The van der Waals surface area contributed by atoms with Crippen LogP contribution in [0, 0.1) is 5.82 Å². The second-order valence-electron chi connectivity index (χ2n) is 7.83. The summed E-state index contributed by atoms with van der Waals surface area (Å²) in [7, 11) is 0. The number of fused-ring (bicyclic) bond motifs is 3. The quantitative estimate of drug-likeness (QED) is 0.776. The third-order valence-corrected chi connectivity index (χ3v) is 5.67. The molecule has 2 saturated heterocycles. The number of benzene rings is 1. The summed E-state index contributed by atoms with van der Waals surface area (Å²) in [6.45, 7) is 4.09. The molecule has 2 aliphatic rings. The molecule has 136 valence electrons. The number of halogens is 1. The van der Waals surface area contributed by atoms with E-state index in [4.69, 9.17) is 4.52 Å².